The predicted molar refractivity (Wildman–Crippen MR) is 44.9 cm³/mol. The highest BCUT2D eigenvalue weighted by Crippen LogP contribution is 2.07. The summed E-state index contributed by atoms with van der Waals surface area (Å²) < 4.78 is 0. The summed E-state index contributed by atoms with van der Waals surface area (Å²) in [5.74, 6) is -1.25. The highest BCUT2D eigenvalue weighted by molar-refractivity contribution is 9.09. The minimum absolute atomic E-state index is 0.205. The van der Waals surface area contributed by atoms with Gasteiger partial charge in [-0.2, -0.15) is 0 Å². The standard InChI is InChI=1S/C7H11BrO3/c1-5(8)2-3-6(9)4-7(10)11/h5H,2-4H2,1H3,(H,10,11). The van der Waals surface area contributed by atoms with E-state index in [0.29, 0.717) is 12.8 Å². The van der Waals surface area contributed by atoms with E-state index in [1.807, 2.05) is 6.92 Å². The first-order valence-electron chi connectivity index (χ1n) is 3.40. The predicted octanol–water partition coefficient (Wildman–Crippen LogP) is 1.59. The molecule has 1 unspecified atom stereocenters. The van der Waals surface area contributed by atoms with E-state index in [9.17, 15) is 9.59 Å². The number of carbonyl (C=O) groups is 2. The molecular weight excluding hydrogens is 212 g/mol. The number of carboxylic acid groups (broad SMARTS) is 1. The topological polar surface area (TPSA) is 54.4 Å². The van der Waals surface area contributed by atoms with Gasteiger partial charge in [0.05, 0.1) is 0 Å². The maximum absolute atomic E-state index is 10.8. The molecule has 0 aliphatic rings. The molecule has 0 spiro atoms. The molecule has 11 heavy (non-hydrogen) atoms. The Labute approximate surface area is 73.9 Å². The normalized spacial score (nSPS) is 12.5. The highest BCUT2D eigenvalue weighted by atomic mass is 79.9. The number of carbonyl (C=O) groups excluding carboxylic acids is 1. The van der Waals surface area contributed by atoms with Crippen molar-refractivity contribution in [2.24, 2.45) is 0 Å². The Hall–Kier alpha value is -0.380. The van der Waals surface area contributed by atoms with Gasteiger partial charge in [0, 0.05) is 11.2 Å². The zero-order chi connectivity index (χ0) is 8.85. The van der Waals surface area contributed by atoms with Crippen molar-refractivity contribution < 1.29 is 14.7 Å². The van der Waals surface area contributed by atoms with Gasteiger partial charge in [-0.05, 0) is 6.42 Å². The van der Waals surface area contributed by atoms with Crippen molar-refractivity contribution in [3.8, 4) is 0 Å². The molecule has 0 aliphatic carbocycles. The molecule has 0 aromatic carbocycles. The van der Waals surface area contributed by atoms with Crippen LogP contribution in [0.25, 0.3) is 0 Å². The van der Waals surface area contributed by atoms with Gasteiger partial charge in [0.15, 0.2) is 0 Å². The van der Waals surface area contributed by atoms with E-state index in [1.54, 1.807) is 0 Å². The second-order valence-corrected chi connectivity index (χ2v) is 3.99. The van der Waals surface area contributed by atoms with Crippen molar-refractivity contribution in [1.82, 2.24) is 0 Å². The minimum Gasteiger partial charge on any atom is -0.481 e. The molecule has 0 saturated heterocycles. The van der Waals surface area contributed by atoms with Crippen LogP contribution >= 0.6 is 15.9 Å². The van der Waals surface area contributed by atoms with Crippen molar-refractivity contribution in [3.63, 3.8) is 0 Å². The Morgan fingerprint density at radius 1 is 1.55 bits per heavy atom. The van der Waals surface area contributed by atoms with Crippen molar-refractivity contribution in [2.75, 3.05) is 0 Å². The van der Waals surface area contributed by atoms with Gasteiger partial charge in [-0.3, -0.25) is 9.59 Å². The zero-order valence-electron chi connectivity index (χ0n) is 6.34. The number of halogens is 1. The van der Waals surface area contributed by atoms with Crippen molar-refractivity contribution in [1.29, 1.82) is 0 Å². The fourth-order valence-corrected chi connectivity index (χ4v) is 0.846. The molecule has 0 fully saturated rings. The molecule has 3 nitrogen and oxygen atoms in total. The molecule has 0 rings (SSSR count). The largest absolute Gasteiger partial charge is 0.481 e. The molecule has 1 atom stereocenters. The van der Waals surface area contributed by atoms with Gasteiger partial charge < -0.3 is 5.11 Å². The third-order valence-electron chi connectivity index (χ3n) is 1.17. The highest BCUT2D eigenvalue weighted by Gasteiger charge is 2.08. The lowest BCUT2D eigenvalue weighted by Crippen LogP contribution is -2.07. The van der Waals surface area contributed by atoms with Crippen LogP contribution in [0.3, 0.4) is 0 Å². The van der Waals surface area contributed by atoms with Crippen LogP contribution in [0, 0.1) is 0 Å². The lowest BCUT2D eigenvalue weighted by atomic mass is 10.1. The fourth-order valence-electron chi connectivity index (χ4n) is 0.617. The molecule has 0 bridgehead atoms. The van der Waals surface area contributed by atoms with Crippen LogP contribution in [0.4, 0.5) is 0 Å². The first-order chi connectivity index (χ1) is 5.02. The molecule has 0 radical (unpaired) electrons. The molecule has 0 aromatic rings. The SMILES string of the molecule is CC(Br)CCC(=O)CC(=O)O. The maximum atomic E-state index is 10.8. The monoisotopic (exact) mass is 222 g/mol. The fraction of sp³-hybridized carbons (Fsp3) is 0.714. The molecule has 0 aromatic heterocycles. The number of alkyl halides is 1. The quantitative estimate of drug-likeness (QED) is 0.568. The summed E-state index contributed by atoms with van der Waals surface area (Å²) in [4.78, 5) is 21.1. The molecule has 0 saturated carbocycles. The van der Waals surface area contributed by atoms with Crippen molar-refractivity contribution in [2.45, 2.75) is 31.0 Å². The minimum atomic E-state index is -1.04. The zero-order valence-corrected chi connectivity index (χ0v) is 7.93. The van der Waals surface area contributed by atoms with Gasteiger partial charge in [0.2, 0.25) is 0 Å². The lowest BCUT2D eigenvalue weighted by molar-refractivity contribution is -0.140. The average molecular weight is 223 g/mol. The first-order valence-corrected chi connectivity index (χ1v) is 4.31. The number of hydrogen-bond acceptors (Lipinski definition) is 2. The number of carboxylic acids is 1. The third kappa shape index (κ3) is 7.52. The smallest absolute Gasteiger partial charge is 0.310 e. The van der Waals surface area contributed by atoms with E-state index in [4.69, 9.17) is 5.11 Å². The van der Waals surface area contributed by atoms with E-state index in [-0.39, 0.29) is 17.0 Å². The van der Waals surface area contributed by atoms with Gasteiger partial charge in [-0.25, -0.2) is 0 Å². The molecule has 0 aliphatic heterocycles. The summed E-state index contributed by atoms with van der Waals surface area (Å²) in [5, 5.41) is 8.22. The van der Waals surface area contributed by atoms with Crippen LogP contribution < -0.4 is 0 Å². The molecule has 4 heteroatoms. The summed E-state index contributed by atoms with van der Waals surface area (Å²) in [6.45, 7) is 1.92. The van der Waals surface area contributed by atoms with E-state index >= 15 is 0 Å². The number of rotatable bonds is 5. The van der Waals surface area contributed by atoms with Gasteiger partial charge in [-0.15, -0.1) is 0 Å². The van der Waals surface area contributed by atoms with Gasteiger partial charge in [0.25, 0.3) is 0 Å². The van der Waals surface area contributed by atoms with E-state index < -0.39 is 5.97 Å². The number of ketones is 1. The Morgan fingerprint density at radius 3 is 2.45 bits per heavy atom. The maximum Gasteiger partial charge on any atom is 0.310 e. The second-order valence-electron chi connectivity index (χ2n) is 2.43. The van der Waals surface area contributed by atoms with Crippen molar-refractivity contribution >= 4 is 27.7 Å². The Bertz CT molecular complexity index is 154. The Balaban J connectivity index is 3.46. The Morgan fingerprint density at radius 2 is 2.09 bits per heavy atom. The summed E-state index contributed by atoms with van der Waals surface area (Å²) in [6, 6.07) is 0. The van der Waals surface area contributed by atoms with Gasteiger partial charge in [0.1, 0.15) is 12.2 Å². The molecule has 64 valence electrons. The molecule has 0 amide bonds. The van der Waals surface area contributed by atoms with Crippen LogP contribution in [0.2, 0.25) is 0 Å². The summed E-state index contributed by atoms with van der Waals surface area (Å²) in [5.41, 5.74) is 0. The number of Topliss-reactive ketones (excluding diaryl/α,β-unsaturated/α-hetero) is 1. The van der Waals surface area contributed by atoms with E-state index in [2.05, 4.69) is 15.9 Å². The van der Waals surface area contributed by atoms with E-state index in [1.165, 1.54) is 0 Å². The van der Waals surface area contributed by atoms with Crippen molar-refractivity contribution in [3.05, 3.63) is 0 Å². The third-order valence-corrected chi connectivity index (χ3v) is 1.63. The Kier molecular flexibility index (Phi) is 5.11. The van der Waals surface area contributed by atoms with Crippen LogP contribution in [0.15, 0.2) is 0 Å². The van der Waals surface area contributed by atoms with Crippen LogP contribution in [0.1, 0.15) is 26.2 Å². The van der Waals surface area contributed by atoms with Gasteiger partial charge in [-0.1, -0.05) is 22.9 Å². The number of hydrogen-bond donors (Lipinski definition) is 1. The molecular formula is C7H11BrO3. The molecule has 1 N–H and O–H groups in total. The summed E-state index contributed by atoms with van der Waals surface area (Å²) in [7, 11) is 0. The van der Waals surface area contributed by atoms with Gasteiger partial charge >= 0.3 is 5.97 Å². The summed E-state index contributed by atoms with van der Waals surface area (Å²) >= 11 is 3.27. The van der Waals surface area contributed by atoms with Crippen LogP contribution in [-0.2, 0) is 9.59 Å². The summed E-state index contributed by atoms with van der Waals surface area (Å²) in [6.07, 6.45) is 0.699. The molecule has 0 heterocycles. The lowest BCUT2D eigenvalue weighted by Gasteiger charge is -1.99. The van der Waals surface area contributed by atoms with Crippen LogP contribution in [0.5, 0.6) is 0 Å². The van der Waals surface area contributed by atoms with E-state index in [0.717, 1.165) is 0 Å². The number of aliphatic carboxylic acids is 1. The van der Waals surface area contributed by atoms with Crippen LogP contribution in [-0.4, -0.2) is 21.7 Å². The first kappa shape index (κ1) is 10.6. The second kappa shape index (κ2) is 5.29. The average Bonchev–Trinajstić information content (AvgIpc) is 1.82.